The fraction of sp³-hybridized carbons (Fsp3) is 0.333. The first-order valence-corrected chi connectivity index (χ1v) is 10.0. The summed E-state index contributed by atoms with van der Waals surface area (Å²) >= 11 is 0. The van der Waals surface area contributed by atoms with E-state index in [1.807, 2.05) is 0 Å². The molecule has 1 aromatic rings. The van der Waals surface area contributed by atoms with Crippen molar-refractivity contribution in [2.24, 2.45) is 0 Å². The van der Waals surface area contributed by atoms with Gasteiger partial charge in [-0.25, -0.2) is 0 Å². The summed E-state index contributed by atoms with van der Waals surface area (Å²) in [6, 6.07) is 3.54. The molecule has 9 nitrogen and oxygen atoms in total. The predicted octanol–water partition coefficient (Wildman–Crippen LogP) is -0.150. The molecule has 0 aliphatic heterocycles. The van der Waals surface area contributed by atoms with Crippen LogP contribution in [0.25, 0.3) is 0 Å². The smallest absolute Gasteiger partial charge is 0.269 e. The van der Waals surface area contributed by atoms with Gasteiger partial charge in [-0.15, -0.1) is 0 Å². The highest BCUT2D eigenvalue weighted by atomic mass is 32.2. The van der Waals surface area contributed by atoms with Gasteiger partial charge in [-0.1, -0.05) is 18.2 Å². The van der Waals surface area contributed by atoms with Gasteiger partial charge in [0, 0.05) is 0 Å². The van der Waals surface area contributed by atoms with Gasteiger partial charge in [0.2, 0.25) is 0 Å². The first-order chi connectivity index (χ1) is 9.27. The summed E-state index contributed by atoms with van der Waals surface area (Å²) in [6.07, 6.45) is 0. The Hall–Kier alpha value is -1.05. The minimum atomic E-state index is -4.59. The molecule has 0 fully saturated rings. The SMILES string of the molecule is O=S(=O)(O)Cc1cccc(CS(=O)(=O)O)c1CS(=O)(=O)O. The minimum Gasteiger partial charge on any atom is -0.285 e. The molecule has 21 heavy (non-hydrogen) atoms. The lowest BCUT2D eigenvalue weighted by Gasteiger charge is -2.12. The lowest BCUT2D eigenvalue weighted by atomic mass is 10.0. The van der Waals surface area contributed by atoms with Crippen LogP contribution in [-0.4, -0.2) is 38.9 Å². The maximum Gasteiger partial charge on any atom is 0.269 e. The highest BCUT2D eigenvalue weighted by Gasteiger charge is 2.21. The van der Waals surface area contributed by atoms with Crippen molar-refractivity contribution < 1.29 is 38.9 Å². The Labute approximate surface area is 121 Å². The summed E-state index contributed by atoms with van der Waals surface area (Å²) < 4.78 is 92.0. The van der Waals surface area contributed by atoms with E-state index >= 15 is 0 Å². The van der Waals surface area contributed by atoms with Crippen LogP contribution in [0.4, 0.5) is 0 Å². The summed E-state index contributed by atoms with van der Waals surface area (Å²) in [4.78, 5) is 0. The van der Waals surface area contributed by atoms with Crippen molar-refractivity contribution >= 4 is 30.4 Å². The first-order valence-electron chi connectivity index (χ1n) is 5.22. The van der Waals surface area contributed by atoms with E-state index in [1.165, 1.54) is 6.07 Å². The maximum atomic E-state index is 11.0. The Morgan fingerprint density at radius 2 is 1.00 bits per heavy atom. The molecule has 0 bridgehead atoms. The molecule has 3 N–H and O–H groups in total. The normalized spacial score (nSPS) is 13.3. The molecule has 0 saturated carbocycles. The van der Waals surface area contributed by atoms with Gasteiger partial charge in [0.25, 0.3) is 30.4 Å². The van der Waals surface area contributed by atoms with E-state index in [2.05, 4.69) is 0 Å². The van der Waals surface area contributed by atoms with Gasteiger partial charge in [-0.2, -0.15) is 25.3 Å². The molecule has 0 aliphatic carbocycles. The van der Waals surface area contributed by atoms with Crippen LogP contribution in [0.1, 0.15) is 16.7 Å². The second-order valence-corrected chi connectivity index (χ2v) is 8.59. The quantitative estimate of drug-likeness (QED) is 0.585. The van der Waals surface area contributed by atoms with Gasteiger partial charge >= 0.3 is 0 Å². The molecule has 0 radical (unpaired) electrons. The van der Waals surface area contributed by atoms with Crippen LogP contribution in [0.15, 0.2) is 18.2 Å². The third-order valence-electron chi connectivity index (χ3n) is 2.37. The third kappa shape index (κ3) is 6.97. The largest absolute Gasteiger partial charge is 0.285 e. The molecule has 0 aliphatic rings. The Morgan fingerprint density at radius 1 is 0.667 bits per heavy atom. The summed E-state index contributed by atoms with van der Waals surface area (Å²) in [7, 11) is -13.6. The van der Waals surface area contributed by atoms with Gasteiger partial charge in [-0.3, -0.25) is 13.7 Å². The number of hydrogen-bond donors (Lipinski definition) is 3. The molecule has 0 saturated heterocycles. The molecule has 0 unspecified atom stereocenters. The second kappa shape index (κ2) is 5.98. The summed E-state index contributed by atoms with van der Waals surface area (Å²) in [5.41, 5.74) is -0.706. The zero-order valence-corrected chi connectivity index (χ0v) is 12.8. The average Bonchev–Trinajstić information content (AvgIpc) is 2.16. The van der Waals surface area contributed by atoms with Gasteiger partial charge in [0.1, 0.15) is 17.3 Å². The Balaban J connectivity index is 3.47. The number of rotatable bonds is 6. The summed E-state index contributed by atoms with van der Waals surface area (Å²) in [6.45, 7) is 0. The van der Waals surface area contributed by atoms with E-state index < -0.39 is 47.6 Å². The van der Waals surface area contributed by atoms with Gasteiger partial charge in [-0.05, 0) is 16.7 Å². The Morgan fingerprint density at radius 3 is 1.29 bits per heavy atom. The first kappa shape index (κ1) is 18.0. The number of benzene rings is 1. The van der Waals surface area contributed by atoms with Crippen molar-refractivity contribution in [1.82, 2.24) is 0 Å². The molecule has 1 rings (SSSR count). The minimum absolute atomic E-state index is 0.198. The van der Waals surface area contributed by atoms with E-state index in [9.17, 15) is 25.3 Å². The van der Waals surface area contributed by atoms with Crippen molar-refractivity contribution in [2.75, 3.05) is 0 Å². The highest BCUT2D eigenvalue weighted by molar-refractivity contribution is 7.85. The van der Waals surface area contributed by atoms with Crippen LogP contribution in [0.2, 0.25) is 0 Å². The fourth-order valence-corrected chi connectivity index (χ4v) is 3.78. The van der Waals surface area contributed by atoms with E-state index in [4.69, 9.17) is 13.7 Å². The molecule has 12 heteroatoms. The van der Waals surface area contributed by atoms with Gasteiger partial charge in [0.15, 0.2) is 0 Å². The molecule has 0 aromatic heterocycles. The van der Waals surface area contributed by atoms with Crippen LogP contribution in [0.5, 0.6) is 0 Å². The van der Waals surface area contributed by atoms with Crippen molar-refractivity contribution in [3.05, 3.63) is 34.9 Å². The molecule has 1 aromatic carbocycles. The van der Waals surface area contributed by atoms with Crippen molar-refractivity contribution in [2.45, 2.75) is 17.3 Å². The van der Waals surface area contributed by atoms with Crippen molar-refractivity contribution in [3.8, 4) is 0 Å². The van der Waals surface area contributed by atoms with Crippen LogP contribution in [0, 0.1) is 0 Å². The average molecular weight is 360 g/mol. The van der Waals surface area contributed by atoms with E-state index in [0.717, 1.165) is 12.1 Å². The standard InChI is InChI=1S/C9H12O9S3/c10-19(11,12)4-7-2-1-3-8(5-20(13,14)15)9(7)6-21(16,17)18/h1-3H,4-6H2,(H,10,11,12)(H,13,14,15)(H,16,17,18). The molecular weight excluding hydrogens is 348 g/mol. The number of hydrogen-bond acceptors (Lipinski definition) is 6. The molecule has 120 valence electrons. The molecule has 0 amide bonds. The van der Waals surface area contributed by atoms with Crippen molar-refractivity contribution in [3.63, 3.8) is 0 Å². The van der Waals surface area contributed by atoms with Crippen molar-refractivity contribution in [1.29, 1.82) is 0 Å². The Kier molecular flexibility index (Phi) is 5.13. The van der Waals surface area contributed by atoms with E-state index in [1.54, 1.807) is 0 Å². The second-order valence-electron chi connectivity index (χ2n) is 4.23. The molecule has 0 heterocycles. The fourth-order valence-electron chi connectivity index (χ4n) is 1.72. The van der Waals surface area contributed by atoms with E-state index in [0.29, 0.717) is 0 Å². The summed E-state index contributed by atoms with van der Waals surface area (Å²) in [5.74, 6) is -2.97. The molecule has 0 atom stereocenters. The van der Waals surface area contributed by atoms with Crippen LogP contribution >= 0.6 is 0 Å². The van der Waals surface area contributed by atoms with Crippen LogP contribution in [0.3, 0.4) is 0 Å². The van der Waals surface area contributed by atoms with E-state index in [-0.39, 0.29) is 16.7 Å². The zero-order chi connectivity index (χ0) is 16.5. The molecular formula is C9H12O9S3. The van der Waals surface area contributed by atoms with Gasteiger partial charge < -0.3 is 0 Å². The lowest BCUT2D eigenvalue weighted by Crippen LogP contribution is -2.13. The highest BCUT2D eigenvalue weighted by Crippen LogP contribution is 2.21. The van der Waals surface area contributed by atoms with Crippen LogP contribution < -0.4 is 0 Å². The van der Waals surface area contributed by atoms with Crippen LogP contribution in [-0.2, 0) is 47.6 Å². The van der Waals surface area contributed by atoms with Gasteiger partial charge in [0.05, 0.1) is 0 Å². The molecule has 0 spiro atoms. The predicted molar refractivity (Wildman–Crippen MR) is 72.2 cm³/mol. The third-order valence-corrected chi connectivity index (χ3v) is 4.38. The maximum absolute atomic E-state index is 11.0. The summed E-state index contributed by atoms with van der Waals surface area (Å²) in [5, 5.41) is 0. The topological polar surface area (TPSA) is 163 Å². The zero-order valence-electron chi connectivity index (χ0n) is 10.4. The monoisotopic (exact) mass is 360 g/mol. The Bertz CT molecular complexity index is 782. The lowest BCUT2D eigenvalue weighted by molar-refractivity contribution is 0.476.